The van der Waals surface area contributed by atoms with Crippen molar-refractivity contribution >= 4 is 33.9 Å². The van der Waals surface area contributed by atoms with E-state index in [1.807, 2.05) is 36.5 Å². The fourth-order valence-electron chi connectivity index (χ4n) is 5.20. The highest BCUT2D eigenvalue weighted by atomic mass is 16.2. The summed E-state index contributed by atoms with van der Waals surface area (Å²) in [5.41, 5.74) is 4.49. The summed E-state index contributed by atoms with van der Waals surface area (Å²) in [4.78, 5) is 27.3. The van der Waals surface area contributed by atoms with Gasteiger partial charge in [-0.05, 0) is 43.4 Å². The molecule has 1 aliphatic carbocycles. The number of amides is 1. The predicted octanol–water partition coefficient (Wildman–Crippen LogP) is 3.11. The highest BCUT2D eigenvalue weighted by Gasteiger charge is 2.48. The number of aryl methyl sites for hydroxylation is 1. The van der Waals surface area contributed by atoms with E-state index >= 15 is 0 Å². The molecule has 1 aromatic carbocycles. The number of carbonyl (C=O) groups excluding carboxylic acids is 1. The second-order valence-electron chi connectivity index (χ2n) is 9.38. The van der Waals surface area contributed by atoms with Crippen LogP contribution in [0.5, 0.6) is 0 Å². The number of fused-ring (bicyclic) bond motifs is 2. The molecule has 2 aliphatic rings. The molecular formula is C23H26N8O. The first kappa shape index (κ1) is 19.2. The Kier molecular flexibility index (Phi) is 4.21. The van der Waals surface area contributed by atoms with Crippen molar-refractivity contribution in [3.05, 3.63) is 30.6 Å². The number of hydrogen-bond donors (Lipinski definition) is 2. The van der Waals surface area contributed by atoms with Gasteiger partial charge in [0.15, 0.2) is 0 Å². The summed E-state index contributed by atoms with van der Waals surface area (Å²) in [5.74, 6) is 0.900. The third-order valence-electron chi connectivity index (χ3n) is 6.99. The van der Waals surface area contributed by atoms with Gasteiger partial charge in [0.2, 0.25) is 11.9 Å². The number of rotatable bonds is 4. The van der Waals surface area contributed by atoms with Gasteiger partial charge in [-0.15, -0.1) is 5.10 Å². The molecule has 1 aliphatic heterocycles. The Morgan fingerprint density at radius 2 is 2.06 bits per heavy atom. The first-order valence-electron chi connectivity index (χ1n) is 11.2. The number of benzene rings is 1. The average Bonchev–Trinajstić information content (AvgIpc) is 3.52. The van der Waals surface area contributed by atoms with Crippen LogP contribution >= 0.6 is 0 Å². The lowest BCUT2D eigenvalue weighted by atomic mass is 9.66. The van der Waals surface area contributed by atoms with Gasteiger partial charge in [-0.3, -0.25) is 4.79 Å². The molecule has 164 valence electrons. The second kappa shape index (κ2) is 7.01. The number of H-pyrrole nitrogens is 1. The number of anilines is 1. The second-order valence-corrected chi connectivity index (χ2v) is 9.38. The Bertz CT molecular complexity index is 1330. The quantitative estimate of drug-likeness (QED) is 0.515. The van der Waals surface area contributed by atoms with Crippen LogP contribution in [-0.2, 0) is 11.8 Å². The van der Waals surface area contributed by atoms with E-state index in [1.54, 1.807) is 4.68 Å². The molecule has 1 saturated carbocycles. The van der Waals surface area contributed by atoms with Crippen molar-refractivity contribution in [2.24, 2.45) is 12.5 Å². The van der Waals surface area contributed by atoms with Crippen LogP contribution in [0.3, 0.4) is 0 Å². The van der Waals surface area contributed by atoms with Gasteiger partial charge >= 0.3 is 0 Å². The molecule has 32 heavy (non-hydrogen) atoms. The van der Waals surface area contributed by atoms with Gasteiger partial charge in [0.25, 0.3) is 0 Å². The standard InChI is InChI=1S/C23H26N8O/c1-23(21(32)31-7-3-4-8-31)10-15(11-23)26-22-25-13-17-16(12-24-20(17)27-22)14-5-6-18-19(9-14)30(2)29-28-18/h5-6,9,12-13,15H,3-4,7-8,10-11H2,1-2H3,(H2,24,25,26,27)/t15-,23-. The normalized spacial score (nSPS) is 23.1. The van der Waals surface area contributed by atoms with Crippen LogP contribution in [0.25, 0.3) is 33.2 Å². The molecule has 6 rings (SSSR count). The Balaban J connectivity index is 1.19. The molecule has 4 heterocycles. The number of nitrogens with zero attached hydrogens (tertiary/aromatic N) is 6. The van der Waals surface area contributed by atoms with Gasteiger partial charge in [-0.2, -0.15) is 4.98 Å². The number of carbonyl (C=O) groups is 1. The summed E-state index contributed by atoms with van der Waals surface area (Å²) in [7, 11) is 1.89. The van der Waals surface area contributed by atoms with E-state index in [2.05, 4.69) is 43.6 Å². The van der Waals surface area contributed by atoms with E-state index in [-0.39, 0.29) is 11.5 Å². The van der Waals surface area contributed by atoms with Gasteiger partial charge in [0, 0.05) is 49.5 Å². The summed E-state index contributed by atoms with van der Waals surface area (Å²) in [5, 5.41) is 12.6. The van der Waals surface area contributed by atoms with Crippen molar-refractivity contribution in [3.8, 4) is 11.1 Å². The maximum Gasteiger partial charge on any atom is 0.228 e. The smallest absolute Gasteiger partial charge is 0.228 e. The van der Waals surface area contributed by atoms with Crippen molar-refractivity contribution in [2.45, 2.75) is 38.6 Å². The van der Waals surface area contributed by atoms with Gasteiger partial charge < -0.3 is 15.2 Å². The SMILES string of the molecule is Cn1nnc2ccc(-c3c[nH]c4nc(N[C@H]5C[C@](C)(C(=O)N6CCCC6)C5)ncc34)cc21. The molecule has 0 atom stereocenters. The summed E-state index contributed by atoms with van der Waals surface area (Å²) in [6, 6.07) is 6.32. The van der Waals surface area contributed by atoms with Crippen molar-refractivity contribution in [3.63, 3.8) is 0 Å². The van der Waals surface area contributed by atoms with E-state index in [1.165, 1.54) is 0 Å². The zero-order chi connectivity index (χ0) is 21.9. The summed E-state index contributed by atoms with van der Waals surface area (Å²) >= 11 is 0. The number of aromatic amines is 1. The van der Waals surface area contributed by atoms with Gasteiger partial charge in [-0.1, -0.05) is 18.2 Å². The molecular weight excluding hydrogens is 404 g/mol. The van der Waals surface area contributed by atoms with Gasteiger partial charge in [0.05, 0.1) is 10.9 Å². The topological polar surface area (TPSA) is 105 Å². The van der Waals surface area contributed by atoms with Gasteiger partial charge in [-0.25, -0.2) is 9.67 Å². The molecule has 0 bridgehead atoms. The van der Waals surface area contributed by atoms with E-state index in [9.17, 15) is 4.79 Å². The minimum atomic E-state index is -0.259. The number of nitrogens with one attached hydrogen (secondary N) is 2. The predicted molar refractivity (Wildman–Crippen MR) is 122 cm³/mol. The van der Waals surface area contributed by atoms with Crippen molar-refractivity contribution < 1.29 is 4.79 Å². The lowest BCUT2D eigenvalue weighted by Gasteiger charge is -2.45. The zero-order valence-corrected chi connectivity index (χ0v) is 18.3. The number of aromatic nitrogens is 6. The molecule has 9 heteroatoms. The van der Waals surface area contributed by atoms with Crippen LogP contribution in [0.15, 0.2) is 30.6 Å². The fraction of sp³-hybridized carbons (Fsp3) is 0.435. The van der Waals surface area contributed by atoms with Crippen LogP contribution in [0.4, 0.5) is 5.95 Å². The maximum atomic E-state index is 12.8. The van der Waals surface area contributed by atoms with Crippen molar-refractivity contribution in [2.75, 3.05) is 18.4 Å². The Labute approximate surface area is 185 Å². The van der Waals surface area contributed by atoms with Crippen LogP contribution in [-0.4, -0.2) is 59.9 Å². The molecule has 2 fully saturated rings. The molecule has 0 unspecified atom stereocenters. The number of hydrogen-bond acceptors (Lipinski definition) is 6. The highest BCUT2D eigenvalue weighted by Crippen LogP contribution is 2.44. The van der Waals surface area contributed by atoms with E-state index in [0.717, 1.165) is 72.0 Å². The van der Waals surface area contributed by atoms with Crippen molar-refractivity contribution in [1.29, 1.82) is 0 Å². The molecule has 3 aromatic heterocycles. The molecule has 1 saturated heterocycles. The fourth-order valence-corrected chi connectivity index (χ4v) is 5.20. The highest BCUT2D eigenvalue weighted by molar-refractivity contribution is 5.95. The maximum absolute atomic E-state index is 12.8. The lowest BCUT2D eigenvalue weighted by Crippen LogP contribution is -2.53. The summed E-state index contributed by atoms with van der Waals surface area (Å²) in [6.45, 7) is 3.90. The van der Waals surface area contributed by atoms with E-state index in [4.69, 9.17) is 0 Å². The van der Waals surface area contributed by atoms with E-state index < -0.39 is 0 Å². The minimum Gasteiger partial charge on any atom is -0.351 e. The van der Waals surface area contributed by atoms with Crippen LogP contribution in [0.2, 0.25) is 0 Å². The van der Waals surface area contributed by atoms with Crippen LogP contribution < -0.4 is 5.32 Å². The summed E-state index contributed by atoms with van der Waals surface area (Å²) < 4.78 is 1.77. The molecule has 0 radical (unpaired) electrons. The van der Waals surface area contributed by atoms with Crippen LogP contribution in [0, 0.1) is 5.41 Å². The van der Waals surface area contributed by atoms with Crippen LogP contribution in [0.1, 0.15) is 32.6 Å². The van der Waals surface area contributed by atoms with Gasteiger partial charge in [0.1, 0.15) is 11.2 Å². The number of likely N-dealkylation sites (tertiary alicyclic amines) is 1. The molecule has 4 aromatic rings. The molecule has 1 amide bonds. The third-order valence-corrected chi connectivity index (χ3v) is 6.99. The molecule has 9 nitrogen and oxygen atoms in total. The Hall–Kier alpha value is -3.49. The molecule has 0 spiro atoms. The minimum absolute atomic E-state index is 0.221. The zero-order valence-electron chi connectivity index (χ0n) is 18.3. The molecule has 2 N–H and O–H groups in total. The first-order chi connectivity index (χ1) is 15.5. The lowest BCUT2D eigenvalue weighted by molar-refractivity contribution is -0.145. The monoisotopic (exact) mass is 430 g/mol. The first-order valence-corrected chi connectivity index (χ1v) is 11.2. The largest absolute Gasteiger partial charge is 0.351 e. The van der Waals surface area contributed by atoms with Crippen molar-refractivity contribution in [1.82, 2.24) is 34.8 Å². The van der Waals surface area contributed by atoms with E-state index in [0.29, 0.717) is 11.9 Å². The Morgan fingerprint density at radius 3 is 2.88 bits per heavy atom. The third kappa shape index (κ3) is 3.03. The average molecular weight is 431 g/mol. The summed E-state index contributed by atoms with van der Waals surface area (Å²) in [6.07, 6.45) is 7.71. The Morgan fingerprint density at radius 1 is 1.25 bits per heavy atom.